The first kappa shape index (κ1) is 14.4. The molecule has 0 aliphatic rings. The smallest absolute Gasteiger partial charge is 0.145 e. The van der Waals surface area contributed by atoms with Gasteiger partial charge in [-0.25, -0.2) is 4.39 Å². The number of rotatable bonds is 5. The molecule has 1 aromatic rings. The molecule has 0 saturated carbocycles. The lowest BCUT2D eigenvalue weighted by molar-refractivity contribution is 0.230. The van der Waals surface area contributed by atoms with Crippen LogP contribution in [0, 0.1) is 11.2 Å². The topological polar surface area (TPSA) is 38.0 Å². The van der Waals surface area contributed by atoms with Gasteiger partial charge < -0.3 is 0 Å². The first-order valence-corrected chi connectivity index (χ1v) is 6.19. The number of benzene rings is 1. The van der Waals surface area contributed by atoms with E-state index in [1.54, 1.807) is 18.2 Å². The van der Waals surface area contributed by atoms with Gasteiger partial charge in [0.15, 0.2) is 0 Å². The van der Waals surface area contributed by atoms with Crippen molar-refractivity contribution in [3.05, 3.63) is 34.6 Å². The zero-order chi connectivity index (χ0) is 13.1. The van der Waals surface area contributed by atoms with E-state index >= 15 is 0 Å². The van der Waals surface area contributed by atoms with E-state index in [4.69, 9.17) is 17.4 Å². The summed E-state index contributed by atoms with van der Waals surface area (Å²) in [5.74, 6) is 5.22. The molecule has 0 spiro atoms. The van der Waals surface area contributed by atoms with Crippen LogP contribution in [-0.4, -0.2) is 6.04 Å². The second-order valence-corrected chi connectivity index (χ2v) is 5.39. The number of halogens is 2. The molecule has 0 aliphatic heterocycles. The molecule has 0 fully saturated rings. The van der Waals surface area contributed by atoms with Crippen molar-refractivity contribution in [2.24, 2.45) is 11.3 Å². The van der Waals surface area contributed by atoms with Gasteiger partial charge in [0.2, 0.25) is 0 Å². The monoisotopic (exact) mass is 258 g/mol. The van der Waals surface area contributed by atoms with E-state index < -0.39 is 0 Å². The second-order valence-electron chi connectivity index (χ2n) is 4.98. The van der Waals surface area contributed by atoms with Crippen molar-refractivity contribution in [3.8, 4) is 0 Å². The van der Waals surface area contributed by atoms with Crippen LogP contribution in [0.15, 0.2) is 18.2 Å². The van der Waals surface area contributed by atoms with Gasteiger partial charge in [0.25, 0.3) is 0 Å². The molecule has 1 rings (SSSR count). The lowest BCUT2D eigenvalue weighted by atomic mass is 9.79. The molecule has 17 heavy (non-hydrogen) atoms. The number of hydrogen-bond acceptors (Lipinski definition) is 2. The third-order valence-corrected chi connectivity index (χ3v) is 3.80. The van der Waals surface area contributed by atoms with E-state index in [1.807, 2.05) is 0 Å². The molecular weight excluding hydrogens is 239 g/mol. The third kappa shape index (κ3) is 3.41. The van der Waals surface area contributed by atoms with Crippen LogP contribution >= 0.6 is 11.6 Å². The molecule has 4 heteroatoms. The van der Waals surface area contributed by atoms with Gasteiger partial charge in [-0.2, -0.15) is 0 Å². The van der Waals surface area contributed by atoms with E-state index in [-0.39, 0.29) is 22.3 Å². The average Bonchev–Trinajstić information content (AvgIpc) is 2.30. The fourth-order valence-electron chi connectivity index (χ4n) is 1.73. The summed E-state index contributed by atoms with van der Waals surface area (Å²) in [7, 11) is 0. The zero-order valence-corrected chi connectivity index (χ0v) is 11.3. The lowest BCUT2D eigenvalue weighted by Crippen LogP contribution is -2.47. The highest BCUT2D eigenvalue weighted by Gasteiger charge is 2.27. The summed E-state index contributed by atoms with van der Waals surface area (Å²) in [6, 6.07) is 5.07. The summed E-state index contributed by atoms with van der Waals surface area (Å²) >= 11 is 5.76. The van der Waals surface area contributed by atoms with Crippen molar-refractivity contribution in [3.63, 3.8) is 0 Å². The molecule has 2 nitrogen and oxygen atoms in total. The molecule has 1 atom stereocenters. The van der Waals surface area contributed by atoms with Crippen LogP contribution in [0.2, 0.25) is 5.02 Å². The normalized spacial score (nSPS) is 13.8. The molecule has 3 N–H and O–H groups in total. The first-order valence-electron chi connectivity index (χ1n) is 5.81. The Morgan fingerprint density at radius 2 is 2.12 bits per heavy atom. The molecule has 0 bridgehead atoms. The van der Waals surface area contributed by atoms with Gasteiger partial charge in [0.05, 0.1) is 5.02 Å². The van der Waals surface area contributed by atoms with Crippen molar-refractivity contribution in [1.29, 1.82) is 0 Å². The van der Waals surface area contributed by atoms with Crippen LogP contribution in [-0.2, 0) is 6.42 Å². The summed E-state index contributed by atoms with van der Waals surface area (Å²) < 4.78 is 13.8. The number of nitrogens with one attached hydrogen (secondary N) is 1. The van der Waals surface area contributed by atoms with Gasteiger partial charge in [0, 0.05) is 6.04 Å². The Morgan fingerprint density at radius 1 is 1.47 bits per heavy atom. The largest absolute Gasteiger partial charge is 0.271 e. The zero-order valence-electron chi connectivity index (χ0n) is 10.6. The number of nitrogens with two attached hydrogens (primary N) is 1. The first-order chi connectivity index (χ1) is 7.92. The minimum atomic E-state index is -0.346. The van der Waals surface area contributed by atoms with E-state index in [1.165, 1.54) is 0 Å². The highest BCUT2D eigenvalue weighted by Crippen LogP contribution is 2.28. The fourth-order valence-corrected chi connectivity index (χ4v) is 1.93. The lowest BCUT2D eigenvalue weighted by Gasteiger charge is -2.33. The summed E-state index contributed by atoms with van der Waals surface area (Å²) in [6.45, 7) is 6.32. The van der Waals surface area contributed by atoms with Gasteiger partial charge in [0.1, 0.15) is 5.82 Å². The third-order valence-electron chi connectivity index (χ3n) is 3.51. The van der Waals surface area contributed by atoms with Gasteiger partial charge in [-0.3, -0.25) is 11.3 Å². The Bertz CT molecular complexity index is 380. The van der Waals surface area contributed by atoms with Gasteiger partial charge >= 0.3 is 0 Å². The summed E-state index contributed by atoms with van der Waals surface area (Å²) in [6.07, 6.45) is 1.49. The minimum Gasteiger partial charge on any atom is -0.271 e. The summed E-state index contributed by atoms with van der Waals surface area (Å²) in [5, 5.41) is 0.160. The van der Waals surface area contributed by atoms with Crippen molar-refractivity contribution in [1.82, 2.24) is 5.43 Å². The van der Waals surface area contributed by atoms with Gasteiger partial charge in [-0.1, -0.05) is 44.5 Å². The van der Waals surface area contributed by atoms with Crippen LogP contribution in [0.1, 0.15) is 32.8 Å². The molecule has 0 amide bonds. The predicted octanol–water partition coefficient (Wildman–Crippen LogP) is 3.29. The Hall–Kier alpha value is -0.640. The van der Waals surface area contributed by atoms with Gasteiger partial charge in [-0.05, 0) is 29.9 Å². The Balaban J connectivity index is 2.92. The molecule has 0 aliphatic carbocycles. The molecular formula is C13H20ClFN2. The van der Waals surface area contributed by atoms with Crippen LogP contribution in [0.25, 0.3) is 0 Å². The second kappa shape index (κ2) is 5.80. The van der Waals surface area contributed by atoms with Crippen molar-refractivity contribution in [2.45, 2.75) is 39.7 Å². The maximum Gasteiger partial charge on any atom is 0.145 e. The SMILES string of the molecule is CCC(C)(C)C(Cc1cccc(Cl)c1F)NN. The van der Waals surface area contributed by atoms with Crippen molar-refractivity contribution >= 4 is 11.6 Å². The van der Waals surface area contributed by atoms with E-state index in [2.05, 4.69) is 26.2 Å². The minimum absolute atomic E-state index is 0.00348. The molecule has 0 radical (unpaired) electrons. The molecule has 1 aromatic carbocycles. The van der Waals surface area contributed by atoms with Crippen LogP contribution in [0.5, 0.6) is 0 Å². The maximum absolute atomic E-state index is 13.8. The summed E-state index contributed by atoms with van der Waals surface area (Å²) in [5.41, 5.74) is 3.38. The highest BCUT2D eigenvalue weighted by molar-refractivity contribution is 6.30. The maximum atomic E-state index is 13.8. The summed E-state index contributed by atoms with van der Waals surface area (Å²) in [4.78, 5) is 0. The van der Waals surface area contributed by atoms with Crippen LogP contribution in [0.4, 0.5) is 4.39 Å². The molecule has 0 aromatic heterocycles. The van der Waals surface area contributed by atoms with E-state index in [0.29, 0.717) is 12.0 Å². The Morgan fingerprint density at radius 3 is 2.65 bits per heavy atom. The molecule has 1 unspecified atom stereocenters. The van der Waals surface area contributed by atoms with Crippen LogP contribution < -0.4 is 11.3 Å². The average molecular weight is 259 g/mol. The van der Waals surface area contributed by atoms with E-state index in [9.17, 15) is 4.39 Å². The number of hydrazine groups is 1. The number of hydrogen-bond donors (Lipinski definition) is 2. The van der Waals surface area contributed by atoms with Crippen LogP contribution in [0.3, 0.4) is 0 Å². The van der Waals surface area contributed by atoms with Crippen molar-refractivity contribution < 1.29 is 4.39 Å². The Kier molecular flexibility index (Phi) is 4.92. The molecule has 96 valence electrons. The fraction of sp³-hybridized carbons (Fsp3) is 0.538. The standard InChI is InChI=1S/C13H20ClFN2/c1-4-13(2,3)11(17-16)8-9-6-5-7-10(14)12(9)15/h5-7,11,17H,4,8,16H2,1-3H3. The predicted molar refractivity (Wildman–Crippen MR) is 70.3 cm³/mol. The van der Waals surface area contributed by atoms with E-state index in [0.717, 1.165) is 6.42 Å². The van der Waals surface area contributed by atoms with Crippen molar-refractivity contribution in [2.75, 3.05) is 0 Å². The molecule has 0 saturated heterocycles. The molecule has 0 heterocycles. The quantitative estimate of drug-likeness (QED) is 0.628. The van der Waals surface area contributed by atoms with Gasteiger partial charge in [-0.15, -0.1) is 0 Å². The Labute approximate surface area is 107 Å². The highest BCUT2D eigenvalue weighted by atomic mass is 35.5.